The first-order chi connectivity index (χ1) is 8.97. The molecule has 2 aromatic rings. The highest BCUT2D eigenvalue weighted by Gasteiger charge is 2.09. The molecule has 1 aromatic heterocycles. The van der Waals surface area contributed by atoms with Crippen LogP contribution in [0.15, 0.2) is 24.3 Å². The van der Waals surface area contributed by atoms with Crippen LogP contribution in [0.2, 0.25) is 15.1 Å². The van der Waals surface area contributed by atoms with E-state index in [1.807, 2.05) is 0 Å². The van der Waals surface area contributed by atoms with Gasteiger partial charge in [-0.2, -0.15) is 0 Å². The number of benzene rings is 1. The number of halogens is 3. The summed E-state index contributed by atoms with van der Waals surface area (Å²) in [6.45, 7) is 0.468. The van der Waals surface area contributed by atoms with Crippen LogP contribution in [0.4, 0.5) is 5.69 Å². The van der Waals surface area contributed by atoms with E-state index in [0.29, 0.717) is 32.2 Å². The molecule has 7 heteroatoms. The minimum atomic E-state index is -0.927. The van der Waals surface area contributed by atoms with Crippen molar-refractivity contribution in [3.05, 3.63) is 49.1 Å². The summed E-state index contributed by atoms with van der Waals surface area (Å²) in [5.41, 5.74) is 0.654. The summed E-state index contributed by atoms with van der Waals surface area (Å²) in [5.74, 6) is -0.927. The van der Waals surface area contributed by atoms with Gasteiger partial charge in [0.15, 0.2) is 0 Å². The smallest absolute Gasteiger partial charge is 0.345 e. The van der Waals surface area contributed by atoms with Gasteiger partial charge in [0.1, 0.15) is 4.88 Å². The zero-order valence-electron chi connectivity index (χ0n) is 9.41. The maximum absolute atomic E-state index is 10.8. The number of carboxylic acids is 1. The van der Waals surface area contributed by atoms with E-state index in [-0.39, 0.29) is 0 Å². The van der Waals surface area contributed by atoms with Crippen molar-refractivity contribution in [2.75, 3.05) is 5.32 Å². The third kappa shape index (κ3) is 3.54. The van der Waals surface area contributed by atoms with Gasteiger partial charge < -0.3 is 10.4 Å². The number of aromatic carboxylic acids is 1. The Balaban J connectivity index is 2.09. The summed E-state index contributed by atoms with van der Waals surface area (Å²) in [6.07, 6.45) is 0. The van der Waals surface area contributed by atoms with Crippen LogP contribution < -0.4 is 5.32 Å². The van der Waals surface area contributed by atoms with Crippen molar-refractivity contribution >= 4 is 57.8 Å². The Labute approximate surface area is 128 Å². The molecule has 0 bridgehead atoms. The molecule has 0 saturated heterocycles. The molecule has 0 fully saturated rings. The summed E-state index contributed by atoms with van der Waals surface area (Å²) in [5, 5.41) is 13.2. The van der Waals surface area contributed by atoms with Gasteiger partial charge in [0.25, 0.3) is 0 Å². The highest BCUT2D eigenvalue weighted by atomic mass is 35.5. The van der Waals surface area contributed by atoms with Crippen LogP contribution in [0, 0.1) is 0 Å². The fourth-order valence-corrected chi connectivity index (χ4v) is 2.83. The highest BCUT2D eigenvalue weighted by molar-refractivity contribution is 7.13. The van der Waals surface area contributed by atoms with E-state index in [1.54, 1.807) is 24.3 Å². The van der Waals surface area contributed by atoms with Gasteiger partial charge in [0, 0.05) is 11.4 Å². The molecule has 3 nitrogen and oxygen atoms in total. The Morgan fingerprint density at radius 3 is 2.47 bits per heavy atom. The second kappa shape index (κ2) is 6.01. The first kappa shape index (κ1) is 14.5. The molecule has 0 aliphatic rings. The standard InChI is InChI=1S/C12H8Cl3NO2S/c13-7-3-9(15)10(4-8(7)14)16-5-6-1-2-11(19-6)12(17)18/h1-4,16H,5H2,(H,17,18). The van der Waals surface area contributed by atoms with Crippen molar-refractivity contribution < 1.29 is 9.90 Å². The maximum atomic E-state index is 10.8. The van der Waals surface area contributed by atoms with Crippen molar-refractivity contribution in [2.45, 2.75) is 6.54 Å². The SMILES string of the molecule is O=C(O)c1ccc(CNc2cc(Cl)c(Cl)cc2Cl)s1. The maximum Gasteiger partial charge on any atom is 0.345 e. The minimum Gasteiger partial charge on any atom is -0.477 e. The lowest BCUT2D eigenvalue weighted by Gasteiger charge is -2.08. The number of carbonyl (C=O) groups is 1. The predicted molar refractivity (Wildman–Crippen MR) is 80.1 cm³/mol. The van der Waals surface area contributed by atoms with E-state index in [0.717, 1.165) is 4.88 Å². The average Bonchev–Trinajstić information content (AvgIpc) is 2.81. The second-order valence-corrected chi connectivity index (χ2v) is 6.06. The minimum absolute atomic E-state index is 0.303. The lowest BCUT2D eigenvalue weighted by molar-refractivity contribution is 0.0702. The molecule has 1 heterocycles. The normalized spacial score (nSPS) is 10.5. The van der Waals surface area contributed by atoms with E-state index in [1.165, 1.54) is 11.3 Å². The number of hydrogen-bond donors (Lipinski definition) is 2. The Kier molecular flexibility index (Phi) is 4.58. The number of nitrogens with one attached hydrogen (secondary N) is 1. The molecular formula is C12H8Cl3NO2S. The molecule has 1 aromatic carbocycles. The summed E-state index contributed by atoms with van der Waals surface area (Å²) in [6, 6.07) is 6.52. The largest absolute Gasteiger partial charge is 0.477 e. The van der Waals surface area contributed by atoms with E-state index in [4.69, 9.17) is 39.9 Å². The average molecular weight is 337 g/mol. The van der Waals surface area contributed by atoms with Crippen LogP contribution >= 0.6 is 46.1 Å². The van der Waals surface area contributed by atoms with E-state index < -0.39 is 5.97 Å². The Bertz CT molecular complexity index is 627. The topological polar surface area (TPSA) is 49.3 Å². The predicted octanol–water partition coefficient (Wildman–Crippen LogP) is 5.02. The second-order valence-electron chi connectivity index (χ2n) is 3.67. The summed E-state index contributed by atoms with van der Waals surface area (Å²) >= 11 is 19.0. The van der Waals surface area contributed by atoms with Gasteiger partial charge in [-0.3, -0.25) is 0 Å². The highest BCUT2D eigenvalue weighted by Crippen LogP contribution is 2.32. The van der Waals surface area contributed by atoms with Gasteiger partial charge >= 0.3 is 5.97 Å². The number of thiophene rings is 1. The lowest BCUT2D eigenvalue weighted by Crippen LogP contribution is -1.98. The van der Waals surface area contributed by atoms with Gasteiger partial charge in [-0.05, 0) is 24.3 Å². The molecule has 0 spiro atoms. The molecule has 0 saturated carbocycles. The van der Waals surface area contributed by atoms with Crippen LogP contribution in [0.1, 0.15) is 14.5 Å². The number of rotatable bonds is 4. The summed E-state index contributed by atoms with van der Waals surface area (Å²) < 4.78 is 0. The zero-order valence-corrected chi connectivity index (χ0v) is 12.5. The molecule has 0 atom stereocenters. The third-order valence-corrected chi connectivity index (χ3v) is 4.44. The first-order valence-electron chi connectivity index (χ1n) is 5.18. The third-order valence-electron chi connectivity index (χ3n) is 2.34. The van der Waals surface area contributed by atoms with Gasteiger partial charge in [-0.25, -0.2) is 4.79 Å². The first-order valence-corrected chi connectivity index (χ1v) is 7.13. The summed E-state index contributed by atoms with van der Waals surface area (Å²) in [4.78, 5) is 12.0. The van der Waals surface area contributed by atoms with Crippen molar-refractivity contribution in [3.63, 3.8) is 0 Å². The molecule has 2 rings (SSSR count). The van der Waals surface area contributed by atoms with Gasteiger partial charge in [0.2, 0.25) is 0 Å². The van der Waals surface area contributed by atoms with Crippen LogP contribution in [-0.2, 0) is 6.54 Å². The van der Waals surface area contributed by atoms with E-state index in [2.05, 4.69) is 5.32 Å². The number of anilines is 1. The summed E-state index contributed by atoms with van der Waals surface area (Å²) in [7, 11) is 0. The molecule has 0 unspecified atom stereocenters. The molecule has 0 amide bonds. The zero-order chi connectivity index (χ0) is 14.0. The molecule has 0 aliphatic carbocycles. The molecule has 19 heavy (non-hydrogen) atoms. The van der Waals surface area contributed by atoms with Gasteiger partial charge in [-0.1, -0.05) is 34.8 Å². The quantitative estimate of drug-likeness (QED) is 0.771. The fourth-order valence-electron chi connectivity index (χ4n) is 1.43. The molecule has 100 valence electrons. The van der Waals surface area contributed by atoms with Crippen molar-refractivity contribution in [1.82, 2.24) is 0 Å². The number of hydrogen-bond acceptors (Lipinski definition) is 3. The fraction of sp³-hybridized carbons (Fsp3) is 0.0833. The van der Waals surface area contributed by atoms with Crippen molar-refractivity contribution in [2.24, 2.45) is 0 Å². The van der Waals surface area contributed by atoms with Gasteiger partial charge in [-0.15, -0.1) is 11.3 Å². The Morgan fingerprint density at radius 2 is 1.84 bits per heavy atom. The number of carboxylic acid groups (broad SMARTS) is 1. The van der Waals surface area contributed by atoms with Crippen molar-refractivity contribution in [3.8, 4) is 0 Å². The Hall–Kier alpha value is -0.940. The molecule has 2 N–H and O–H groups in total. The monoisotopic (exact) mass is 335 g/mol. The molecular weight excluding hydrogens is 329 g/mol. The van der Waals surface area contributed by atoms with Crippen LogP contribution in [-0.4, -0.2) is 11.1 Å². The van der Waals surface area contributed by atoms with Crippen molar-refractivity contribution in [1.29, 1.82) is 0 Å². The van der Waals surface area contributed by atoms with E-state index >= 15 is 0 Å². The lowest BCUT2D eigenvalue weighted by atomic mass is 10.3. The molecule has 0 radical (unpaired) electrons. The Morgan fingerprint density at radius 1 is 1.16 bits per heavy atom. The van der Waals surface area contributed by atoms with Crippen LogP contribution in [0.3, 0.4) is 0 Å². The van der Waals surface area contributed by atoms with Gasteiger partial charge in [0.05, 0.1) is 20.8 Å². The van der Waals surface area contributed by atoms with E-state index in [9.17, 15) is 4.79 Å². The molecule has 0 aliphatic heterocycles. The van der Waals surface area contributed by atoms with Crippen LogP contribution in [0.25, 0.3) is 0 Å². The van der Waals surface area contributed by atoms with Crippen LogP contribution in [0.5, 0.6) is 0 Å².